The molecule has 3 N–H and O–H groups in total. The lowest BCUT2D eigenvalue weighted by Gasteiger charge is -2.27. The highest BCUT2D eigenvalue weighted by Gasteiger charge is 2.24. The molecule has 0 bridgehead atoms. The van der Waals surface area contributed by atoms with E-state index in [0.717, 1.165) is 25.7 Å². The Morgan fingerprint density at radius 3 is 2.57 bits per heavy atom. The van der Waals surface area contributed by atoms with E-state index < -0.39 is 5.97 Å². The summed E-state index contributed by atoms with van der Waals surface area (Å²) in [6, 6.07) is 7.01. The summed E-state index contributed by atoms with van der Waals surface area (Å²) in [6.45, 7) is -0.137. The molecule has 6 nitrogen and oxygen atoms in total. The van der Waals surface area contributed by atoms with Crippen LogP contribution in [0.4, 0.5) is 5.69 Å². The van der Waals surface area contributed by atoms with Gasteiger partial charge >= 0.3 is 5.97 Å². The molecule has 1 aromatic rings. The van der Waals surface area contributed by atoms with Gasteiger partial charge in [0, 0.05) is 18.2 Å². The van der Waals surface area contributed by atoms with Crippen LogP contribution in [0.15, 0.2) is 24.3 Å². The van der Waals surface area contributed by atoms with Gasteiger partial charge < -0.3 is 20.5 Å². The Kier molecular flexibility index (Phi) is 6.40. The molecule has 2 rings (SSSR count). The molecule has 1 saturated carbocycles. The number of carbonyl (C=O) groups is 2. The van der Waals surface area contributed by atoms with Gasteiger partial charge in [0.2, 0.25) is 5.91 Å². The summed E-state index contributed by atoms with van der Waals surface area (Å²) in [5.74, 6) is 0.357. The van der Waals surface area contributed by atoms with Crippen LogP contribution in [0.25, 0.3) is 0 Å². The molecule has 0 aromatic heterocycles. The minimum absolute atomic E-state index is 0.0180. The van der Waals surface area contributed by atoms with Crippen LogP contribution in [0.2, 0.25) is 0 Å². The van der Waals surface area contributed by atoms with E-state index in [1.165, 1.54) is 7.11 Å². The zero-order valence-electron chi connectivity index (χ0n) is 13.4. The lowest BCUT2D eigenvalue weighted by atomic mass is 9.83. The summed E-state index contributed by atoms with van der Waals surface area (Å²) in [4.78, 5) is 23.1. The first-order valence-electron chi connectivity index (χ1n) is 7.93. The van der Waals surface area contributed by atoms with Crippen LogP contribution < -0.4 is 15.8 Å². The van der Waals surface area contributed by atoms with Crippen LogP contribution in [0.5, 0.6) is 5.75 Å². The fraction of sp³-hybridized carbons (Fsp3) is 0.529. The predicted molar refractivity (Wildman–Crippen MR) is 87.1 cm³/mol. The number of esters is 1. The van der Waals surface area contributed by atoms with Crippen molar-refractivity contribution in [3.05, 3.63) is 24.3 Å². The first-order valence-corrected chi connectivity index (χ1v) is 7.93. The lowest BCUT2D eigenvalue weighted by molar-refractivity contribution is -0.142. The second-order valence-corrected chi connectivity index (χ2v) is 5.85. The second-order valence-electron chi connectivity index (χ2n) is 5.85. The molecule has 1 fully saturated rings. The molecular weight excluding hydrogens is 296 g/mol. The van der Waals surface area contributed by atoms with Gasteiger partial charge in [-0.1, -0.05) is 12.8 Å². The Hall–Kier alpha value is -2.08. The van der Waals surface area contributed by atoms with Crippen LogP contribution in [-0.4, -0.2) is 31.6 Å². The summed E-state index contributed by atoms with van der Waals surface area (Å²) in [7, 11) is 1.31. The number of rotatable bonds is 6. The maximum atomic E-state index is 12.1. The maximum Gasteiger partial charge on any atom is 0.343 e. The molecule has 23 heavy (non-hydrogen) atoms. The van der Waals surface area contributed by atoms with E-state index in [-0.39, 0.29) is 24.5 Å². The van der Waals surface area contributed by atoms with Crippen LogP contribution in [0, 0.1) is 5.92 Å². The number of benzene rings is 1. The Balaban J connectivity index is 1.80. The van der Waals surface area contributed by atoms with Gasteiger partial charge in [-0.25, -0.2) is 4.79 Å². The van der Waals surface area contributed by atoms with E-state index in [4.69, 9.17) is 10.5 Å². The number of anilines is 1. The van der Waals surface area contributed by atoms with Gasteiger partial charge in [0.25, 0.3) is 0 Å². The number of ether oxygens (including phenoxy) is 2. The van der Waals surface area contributed by atoms with Gasteiger partial charge in [0.05, 0.1) is 7.11 Å². The molecule has 0 radical (unpaired) electrons. The molecule has 0 spiro atoms. The molecule has 0 heterocycles. The van der Waals surface area contributed by atoms with Gasteiger partial charge in [-0.15, -0.1) is 0 Å². The standard InChI is InChI=1S/C17H24N2O4/c1-22-17(21)11-23-14-8-6-13(7-9-14)19-16(20)10-12-4-2-3-5-15(12)18/h6-9,12,15H,2-5,10-11,18H2,1H3,(H,19,20). The first kappa shape index (κ1) is 17.3. The molecule has 1 aromatic carbocycles. The number of methoxy groups -OCH3 is 1. The van der Waals surface area contributed by atoms with Crippen molar-refractivity contribution in [3.8, 4) is 5.75 Å². The zero-order valence-corrected chi connectivity index (χ0v) is 13.4. The van der Waals surface area contributed by atoms with E-state index >= 15 is 0 Å². The molecule has 126 valence electrons. The largest absolute Gasteiger partial charge is 0.482 e. The monoisotopic (exact) mass is 320 g/mol. The SMILES string of the molecule is COC(=O)COc1ccc(NC(=O)CC2CCCCC2N)cc1. The topological polar surface area (TPSA) is 90.6 Å². The highest BCUT2D eigenvalue weighted by Crippen LogP contribution is 2.26. The van der Waals surface area contributed by atoms with Gasteiger partial charge in [-0.3, -0.25) is 4.79 Å². The summed E-state index contributed by atoms with van der Waals surface area (Å²) in [5.41, 5.74) is 6.77. The van der Waals surface area contributed by atoms with Crippen molar-refractivity contribution in [3.63, 3.8) is 0 Å². The Labute approximate surface area is 136 Å². The molecule has 0 aliphatic heterocycles. The van der Waals surface area contributed by atoms with Crippen molar-refractivity contribution in [2.45, 2.75) is 38.1 Å². The normalized spacial score (nSPS) is 20.6. The lowest BCUT2D eigenvalue weighted by Crippen LogP contribution is -2.35. The second kappa shape index (κ2) is 8.53. The molecule has 2 atom stereocenters. The van der Waals surface area contributed by atoms with E-state index in [9.17, 15) is 9.59 Å². The predicted octanol–water partition coefficient (Wildman–Crippen LogP) is 2.08. The highest BCUT2D eigenvalue weighted by molar-refractivity contribution is 5.90. The van der Waals surface area contributed by atoms with Gasteiger partial charge in [0.1, 0.15) is 5.75 Å². The van der Waals surface area contributed by atoms with E-state index in [2.05, 4.69) is 10.1 Å². The van der Waals surface area contributed by atoms with Crippen molar-refractivity contribution in [2.24, 2.45) is 11.7 Å². The van der Waals surface area contributed by atoms with Crippen molar-refractivity contribution in [2.75, 3.05) is 19.0 Å². The third-order valence-electron chi connectivity index (χ3n) is 4.14. The minimum Gasteiger partial charge on any atom is -0.482 e. The summed E-state index contributed by atoms with van der Waals surface area (Å²) in [6.07, 6.45) is 4.80. The van der Waals surface area contributed by atoms with Gasteiger partial charge in [0.15, 0.2) is 6.61 Å². The van der Waals surface area contributed by atoms with Crippen molar-refractivity contribution in [1.29, 1.82) is 0 Å². The highest BCUT2D eigenvalue weighted by atomic mass is 16.6. The fourth-order valence-electron chi connectivity index (χ4n) is 2.78. The minimum atomic E-state index is -0.439. The summed E-state index contributed by atoms with van der Waals surface area (Å²) < 4.78 is 9.75. The molecule has 2 unspecified atom stereocenters. The van der Waals surface area contributed by atoms with Crippen molar-refractivity contribution < 1.29 is 19.1 Å². The number of amides is 1. The maximum absolute atomic E-state index is 12.1. The number of nitrogens with two attached hydrogens (primary N) is 1. The number of carbonyl (C=O) groups excluding carboxylic acids is 2. The third kappa shape index (κ3) is 5.56. The quantitative estimate of drug-likeness (QED) is 0.783. The number of hydrogen-bond acceptors (Lipinski definition) is 5. The van der Waals surface area contributed by atoms with Crippen LogP contribution in [0.1, 0.15) is 32.1 Å². The average molecular weight is 320 g/mol. The fourth-order valence-corrected chi connectivity index (χ4v) is 2.78. The summed E-state index contributed by atoms with van der Waals surface area (Å²) >= 11 is 0. The summed E-state index contributed by atoms with van der Waals surface area (Å²) in [5, 5.41) is 2.87. The van der Waals surface area contributed by atoms with Crippen molar-refractivity contribution in [1.82, 2.24) is 0 Å². The Morgan fingerprint density at radius 2 is 1.91 bits per heavy atom. The van der Waals surface area contributed by atoms with Crippen molar-refractivity contribution >= 4 is 17.6 Å². The molecule has 0 saturated heterocycles. The molecular formula is C17H24N2O4. The first-order chi connectivity index (χ1) is 11.1. The Morgan fingerprint density at radius 1 is 1.22 bits per heavy atom. The van der Waals surface area contributed by atoms with Crippen LogP contribution in [-0.2, 0) is 14.3 Å². The molecule has 1 amide bonds. The van der Waals surface area contributed by atoms with Gasteiger partial charge in [-0.05, 0) is 43.0 Å². The third-order valence-corrected chi connectivity index (χ3v) is 4.14. The van der Waals surface area contributed by atoms with Gasteiger partial charge in [-0.2, -0.15) is 0 Å². The Bertz CT molecular complexity index is 530. The smallest absolute Gasteiger partial charge is 0.343 e. The number of nitrogens with one attached hydrogen (secondary N) is 1. The molecule has 6 heteroatoms. The van der Waals surface area contributed by atoms with Crippen LogP contribution >= 0.6 is 0 Å². The zero-order chi connectivity index (χ0) is 16.7. The molecule has 1 aliphatic rings. The average Bonchev–Trinajstić information content (AvgIpc) is 2.56. The molecule has 1 aliphatic carbocycles. The van der Waals surface area contributed by atoms with E-state index in [1.54, 1.807) is 24.3 Å². The van der Waals surface area contributed by atoms with Crippen LogP contribution in [0.3, 0.4) is 0 Å². The number of hydrogen-bond donors (Lipinski definition) is 2. The van der Waals surface area contributed by atoms with E-state index in [1.807, 2.05) is 0 Å². The van der Waals surface area contributed by atoms with E-state index in [0.29, 0.717) is 17.9 Å².